The topological polar surface area (TPSA) is 63.8 Å². The predicted molar refractivity (Wildman–Crippen MR) is 60.6 cm³/mol. The van der Waals surface area contributed by atoms with Crippen LogP contribution in [0.15, 0.2) is 9.90 Å². The van der Waals surface area contributed by atoms with Crippen LogP contribution in [-0.4, -0.2) is 21.2 Å². The number of nitrogens with one attached hydrogen (secondary N) is 1. The molecule has 5 nitrogen and oxygen atoms in total. The molecular weight excluding hydrogens is 224 g/mol. The van der Waals surface area contributed by atoms with Gasteiger partial charge in [-0.1, -0.05) is 5.16 Å². The van der Waals surface area contributed by atoms with Gasteiger partial charge in [-0.05, 0) is 19.8 Å². The van der Waals surface area contributed by atoms with Gasteiger partial charge in [0, 0.05) is 11.4 Å². The Hall–Kier alpha value is -1.43. The van der Waals surface area contributed by atoms with Crippen molar-refractivity contribution in [3.05, 3.63) is 21.9 Å². The van der Waals surface area contributed by atoms with Crippen molar-refractivity contribution in [1.29, 1.82) is 0 Å². The number of hydrogen-bond donors (Lipinski definition) is 1. The van der Waals surface area contributed by atoms with E-state index >= 15 is 0 Å². The van der Waals surface area contributed by atoms with Crippen LogP contribution in [0.1, 0.15) is 29.4 Å². The molecule has 0 saturated heterocycles. The van der Waals surface area contributed by atoms with Crippen LogP contribution in [0.4, 0.5) is 6.01 Å². The molecule has 0 amide bonds. The third-order valence-corrected chi connectivity index (χ3v) is 3.20. The molecule has 2 aromatic heterocycles. The normalized spacial score (nSPS) is 15.3. The Kier molecular flexibility index (Phi) is 2.36. The summed E-state index contributed by atoms with van der Waals surface area (Å²) >= 11 is 1.64. The summed E-state index contributed by atoms with van der Waals surface area (Å²) in [6.07, 6.45) is 3.03. The lowest BCUT2D eigenvalue weighted by Crippen LogP contribution is -2.01. The van der Waals surface area contributed by atoms with E-state index in [2.05, 4.69) is 20.4 Å². The summed E-state index contributed by atoms with van der Waals surface area (Å²) < 4.78 is 5.10. The molecule has 0 radical (unpaired) electrons. The van der Waals surface area contributed by atoms with Gasteiger partial charge in [-0.2, -0.15) is 4.98 Å². The predicted octanol–water partition coefficient (Wildman–Crippen LogP) is 2.00. The third-order valence-electron chi connectivity index (χ3n) is 2.38. The Bertz CT molecular complexity index is 488. The van der Waals surface area contributed by atoms with Crippen LogP contribution in [0.5, 0.6) is 0 Å². The first kappa shape index (κ1) is 9.77. The highest BCUT2D eigenvalue weighted by Crippen LogP contribution is 2.23. The summed E-state index contributed by atoms with van der Waals surface area (Å²) in [5, 5.41) is 10.2. The number of rotatable bonds is 4. The van der Waals surface area contributed by atoms with Crippen LogP contribution >= 0.6 is 11.3 Å². The lowest BCUT2D eigenvalue weighted by molar-refractivity contribution is 0.423. The molecule has 1 saturated carbocycles. The van der Waals surface area contributed by atoms with Gasteiger partial charge in [0.25, 0.3) is 0 Å². The zero-order valence-electron chi connectivity index (χ0n) is 8.93. The molecule has 1 N–H and O–H groups in total. The minimum Gasteiger partial charge on any atom is -0.335 e. The largest absolute Gasteiger partial charge is 0.335 e. The van der Waals surface area contributed by atoms with Crippen LogP contribution in [0.3, 0.4) is 0 Å². The molecule has 0 unspecified atom stereocenters. The maximum absolute atomic E-state index is 5.10. The van der Waals surface area contributed by atoms with Crippen molar-refractivity contribution in [2.75, 3.05) is 5.32 Å². The van der Waals surface area contributed by atoms with E-state index in [0.29, 0.717) is 24.3 Å². The third kappa shape index (κ3) is 2.21. The molecule has 6 heteroatoms. The molecule has 1 aliphatic carbocycles. The molecule has 0 spiro atoms. The average molecular weight is 236 g/mol. The lowest BCUT2D eigenvalue weighted by atomic mass is 10.3. The summed E-state index contributed by atoms with van der Waals surface area (Å²) in [7, 11) is 0. The molecule has 1 fully saturated rings. The fraction of sp³-hybridized carbons (Fsp3) is 0.500. The van der Waals surface area contributed by atoms with Crippen molar-refractivity contribution in [2.24, 2.45) is 0 Å². The van der Waals surface area contributed by atoms with Gasteiger partial charge in [-0.15, -0.1) is 11.3 Å². The standard InChI is InChI=1S/C10H12N4OS/c1-6-11-8(5-16-6)4-9-13-10(15-14-9)12-7-2-3-7/h5,7H,2-4H2,1H3,(H,12,13,14). The van der Waals surface area contributed by atoms with Crippen LogP contribution in [0.25, 0.3) is 0 Å². The van der Waals surface area contributed by atoms with Crippen LogP contribution in [-0.2, 0) is 6.42 Å². The summed E-state index contributed by atoms with van der Waals surface area (Å²) in [6.45, 7) is 1.99. The summed E-state index contributed by atoms with van der Waals surface area (Å²) in [4.78, 5) is 8.64. The molecule has 2 aromatic rings. The van der Waals surface area contributed by atoms with Crippen molar-refractivity contribution in [3.8, 4) is 0 Å². The first-order valence-electron chi connectivity index (χ1n) is 5.30. The van der Waals surface area contributed by atoms with Gasteiger partial charge < -0.3 is 9.84 Å². The number of aryl methyl sites for hydroxylation is 1. The van der Waals surface area contributed by atoms with Crippen LogP contribution < -0.4 is 5.32 Å². The molecule has 1 aliphatic rings. The number of hydrogen-bond acceptors (Lipinski definition) is 6. The molecule has 0 aliphatic heterocycles. The highest BCUT2D eigenvalue weighted by atomic mass is 32.1. The van der Waals surface area contributed by atoms with Gasteiger partial charge in [-0.3, -0.25) is 0 Å². The molecule has 2 heterocycles. The summed E-state index contributed by atoms with van der Waals surface area (Å²) in [6, 6.07) is 1.07. The summed E-state index contributed by atoms with van der Waals surface area (Å²) in [5.74, 6) is 0.688. The molecule has 0 aromatic carbocycles. The van der Waals surface area contributed by atoms with Crippen LogP contribution in [0.2, 0.25) is 0 Å². The minimum absolute atomic E-state index is 0.532. The van der Waals surface area contributed by atoms with Crippen molar-refractivity contribution in [1.82, 2.24) is 15.1 Å². The van der Waals surface area contributed by atoms with Crippen molar-refractivity contribution < 1.29 is 4.52 Å². The first-order valence-corrected chi connectivity index (χ1v) is 6.18. The maximum Gasteiger partial charge on any atom is 0.321 e. The zero-order chi connectivity index (χ0) is 11.0. The highest BCUT2D eigenvalue weighted by Gasteiger charge is 2.23. The highest BCUT2D eigenvalue weighted by molar-refractivity contribution is 7.09. The van der Waals surface area contributed by atoms with E-state index in [9.17, 15) is 0 Å². The molecule has 0 atom stereocenters. The van der Waals surface area contributed by atoms with Crippen molar-refractivity contribution >= 4 is 17.4 Å². The van der Waals surface area contributed by atoms with E-state index in [1.165, 1.54) is 12.8 Å². The second-order valence-electron chi connectivity index (χ2n) is 3.97. The van der Waals surface area contributed by atoms with Gasteiger partial charge in [0.05, 0.1) is 17.1 Å². The Labute approximate surface area is 96.9 Å². The number of anilines is 1. The minimum atomic E-state index is 0.532. The van der Waals surface area contributed by atoms with E-state index in [4.69, 9.17) is 4.52 Å². The van der Waals surface area contributed by atoms with Gasteiger partial charge in [0.2, 0.25) is 0 Å². The lowest BCUT2D eigenvalue weighted by Gasteiger charge is -1.92. The maximum atomic E-state index is 5.10. The van der Waals surface area contributed by atoms with Gasteiger partial charge in [-0.25, -0.2) is 4.98 Å². The monoisotopic (exact) mass is 236 g/mol. The van der Waals surface area contributed by atoms with Gasteiger partial charge in [0.15, 0.2) is 5.82 Å². The SMILES string of the molecule is Cc1nc(Cc2noc(NC3CC3)n2)cs1. The quantitative estimate of drug-likeness (QED) is 0.879. The molecule has 0 bridgehead atoms. The fourth-order valence-corrected chi connectivity index (χ4v) is 2.05. The van der Waals surface area contributed by atoms with Crippen LogP contribution in [0, 0.1) is 6.92 Å². The fourth-order valence-electron chi connectivity index (χ4n) is 1.44. The van der Waals surface area contributed by atoms with E-state index < -0.39 is 0 Å². The first-order chi connectivity index (χ1) is 7.79. The zero-order valence-corrected chi connectivity index (χ0v) is 9.75. The number of aromatic nitrogens is 3. The summed E-state index contributed by atoms with van der Waals surface area (Å²) in [5.41, 5.74) is 1.00. The van der Waals surface area contributed by atoms with Crippen molar-refractivity contribution in [2.45, 2.75) is 32.2 Å². The Morgan fingerprint density at radius 1 is 1.50 bits per heavy atom. The van der Waals surface area contributed by atoms with E-state index in [1.54, 1.807) is 11.3 Å². The number of thiazole rings is 1. The van der Waals surface area contributed by atoms with E-state index in [0.717, 1.165) is 10.7 Å². The average Bonchev–Trinajstić information content (AvgIpc) is 2.80. The van der Waals surface area contributed by atoms with Gasteiger partial charge in [0.1, 0.15) is 0 Å². The van der Waals surface area contributed by atoms with Gasteiger partial charge >= 0.3 is 6.01 Å². The Balaban J connectivity index is 1.67. The second-order valence-corrected chi connectivity index (χ2v) is 5.03. The smallest absolute Gasteiger partial charge is 0.321 e. The van der Waals surface area contributed by atoms with E-state index in [-0.39, 0.29) is 0 Å². The number of nitrogens with zero attached hydrogens (tertiary/aromatic N) is 3. The van der Waals surface area contributed by atoms with E-state index in [1.807, 2.05) is 12.3 Å². The second kappa shape index (κ2) is 3.86. The molecule has 84 valence electrons. The Morgan fingerprint density at radius 3 is 3.06 bits per heavy atom. The molecular formula is C10H12N4OS. The Morgan fingerprint density at radius 2 is 2.38 bits per heavy atom. The molecule has 3 rings (SSSR count). The molecule has 16 heavy (non-hydrogen) atoms. The van der Waals surface area contributed by atoms with Crippen molar-refractivity contribution in [3.63, 3.8) is 0 Å².